The van der Waals surface area contributed by atoms with Gasteiger partial charge < -0.3 is 10.6 Å². The van der Waals surface area contributed by atoms with Gasteiger partial charge in [-0.1, -0.05) is 0 Å². The molecule has 5 nitrogen and oxygen atoms in total. The predicted octanol–water partition coefficient (Wildman–Crippen LogP) is 0.131. The summed E-state index contributed by atoms with van der Waals surface area (Å²) in [5.41, 5.74) is 5.93. The Bertz CT molecular complexity index is 477. The number of carbonyl (C=O) groups is 1. The van der Waals surface area contributed by atoms with Gasteiger partial charge in [0.25, 0.3) is 0 Å². The summed E-state index contributed by atoms with van der Waals surface area (Å²) < 4.78 is 23.5. The van der Waals surface area contributed by atoms with Crippen LogP contribution < -0.4 is 5.73 Å². The van der Waals surface area contributed by atoms with Gasteiger partial charge in [-0.25, -0.2) is 8.42 Å². The molecule has 0 fully saturated rings. The van der Waals surface area contributed by atoms with Crippen molar-refractivity contribution >= 4 is 21.4 Å². The number of nitrogen functional groups attached to an aromatic ring is 1. The number of hydrogen-bond acceptors (Lipinski definition) is 4. The zero-order chi connectivity index (χ0) is 12.3. The summed E-state index contributed by atoms with van der Waals surface area (Å²) in [5, 5.41) is 0. The summed E-state index contributed by atoms with van der Waals surface area (Å²) in [6, 6.07) is 5.78. The number of carbonyl (C=O) groups excluding carboxylic acids is 1. The van der Waals surface area contributed by atoms with Crippen molar-refractivity contribution in [2.45, 2.75) is 4.90 Å². The van der Waals surface area contributed by atoms with E-state index in [-0.39, 0.29) is 4.90 Å². The van der Waals surface area contributed by atoms with Gasteiger partial charge in [0.15, 0.2) is 9.84 Å². The highest BCUT2D eigenvalue weighted by Gasteiger charge is 2.20. The molecule has 0 aliphatic carbocycles. The van der Waals surface area contributed by atoms with E-state index in [2.05, 4.69) is 0 Å². The minimum absolute atomic E-state index is 0.108. The summed E-state index contributed by atoms with van der Waals surface area (Å²) >= 11 is 0. The molecule has 2 N–H and O–H groups in total. The van der Waals surface area contributed by atoms with Gasteiger partial charge >= 0.3 is 0 Å². The molecule has 0 atom stereocenters. The lowest BCUT2D eigenvalue weighted by molar-refractivity contribution is -0.125. The highest BCUT2D eigenvalue weighted by atomic mass is 32.2. The fraction of sp³-hybridized carbons (Fsp3) is 0.300. The number of rotatable bonds is 3. The fourth-order valence-electron chi connectivity index (χ4n) is 1.05. The Morgan fingerprint density at radius 3 is 2.19 bits per heavy atom. The standard InChI is InChI=1S/C10H14N2O3S/c1-12(2)10(13)7-16(14,15)9-5-3-8(11)4-6-9/h3-6H,7,11H2,1-2H3. The number of nitrogens with zero attached hydrogens (tertiary/aromatic N) is 1. The van der Waals surface area contributed by atoms with E-state index < -0.39 is 21.5 Å². The molecule has 0 radical (unpaired) electrons. The number of benzene rings is 1. The third-order valence-corrected chi connectivity index (χ3v) is 3.67. The molecule has 0 aromatic heterocycles. The van der Waals surface area contributed by atoms with Crippen LogP contribution in [0.5, 0.6) is 0 Å². The molecule has 16 heavy (non-hydrogen) atoms. The van der Waals surface area contributed by atoms with E-state index in [9.17, 15) is 13.2 Å². The molecule has 0 heterocycles. The van der Waals surface area contributed by atoms with E-state index in [1.807, 2.05) is 0 Å². The molecule has 88 valence electrons. The van der Waals surface area contributed by atoms with Crippen LogP contribution in [0.15, 0.2) is 29.2 Å². The Hall–Kier alpha value is -1.56. The first-order valence-corrected chi connectivity index (χ1v) is 6.26. The summed E-state index contributed by atoms with van der Waals surface area (Å²) in [7, 11) is -0.539. The largest absolute Gasteiger partial charge is 0.399 e. The Kier molecular flexibility index (Phi) is 3.54. The average molecular weight is 242 g/mol. The predicted molar refractivity (Wildman–Crippen MR) is 61.6 cm³/mol. The van der Waals surface area contributed by atoms with Crippen LogP contribution in [0.3, 0.4) is 0 Å². The van der Waals surface area contributed by atoms with Crippen LogP contribution in [0.2, 0.25) is 0 Å². The second-order valence-electron chi connectivity index (χ2n) is 3.62. The van der Waals surface area contributed by atoms with Crippen molar-refractivity contribution < 1.29 is 13.2 Å². The van der Waals surface area contributed by atoms with Gasteiger partial charge in [-0.05, 0) is 24.3 Å². The number of anilines is 1. The van der Waals surface area contributed by atoms with E-state index in [1.165, 1.54) is 43.3 Å². The van der Waals surface area contributed by atoms with Crippen molar-refractivity contribution in [3.05, 3.63) is 24.3 Å². The van der Waals surface area contributed by atoms with Gasteiger partial charge in [0.2, 0.25) is 5.91 Å². The maximum Gasteiger partial charge on any atom is 0.237 e. The van der Waals surface area contributed by atoms with E-state index in [1.54, 1.807) is 0 Å². The Balaban J connectivity index is 2.95. The molecule has 0 aliphatic rings. The van der Waals surface area contributed by atoms with Crippen LogP contribution in [-0.2, 0) is 14.6 Å². The van der Waals surface area contributed by atoms with Gasteiger partial charge in [-0.2, -0.15) is 0 Å². The molecule has 0 saturated heterocycles. The first kappa shape index (κ1) is 12.5. The maximum absolute atomic E-state index is 11.8. The lowest BCUT2D eigenvalue weighted by Gasteiger charge is -2.10. The third kappa shape index (κ3) is 2.96. The molecule has 0 bridgehead atoms. The second kappa shape index (κ2) is 4.52. The Morgan fingerprint density at radius 2 is 1.75 bits per heavy atom. The molecule has 0 unspecified atom stereocenters. The number of sulfone groups is 1. The summed E-state index contributed by atoms with van der Waals surface area (Å²) in [6.07, 6.45) is 0. The van der Waals surface area contributed by atoms with Gasteiger partial charge in [-0.15, -0.1) is 0 Å². The van der Waals surface area contributed by atoms with Crippen molar-refractivity contribution in [2.75, 3.05) is 25.6 Å². The lowest BCUT2D eigenvalue weighted by Crippen LogP contribution is -2.29. The van der Waals surface area contributed by atoms with E-state index in [4.69, 9.17) is 5.73 Å². The molecule has 0 spiro atoms. The third-order valence-electron chi connectivity index (χ3n) is 2.05. The number of nitrogens with two attached hydrogens (primary N) is 1. The van der Waals surface area contributed by atoms with Gasteiger partial charge in [0, 0.05) is 19.8 Å². The van der Waals surface area contributed by atoms with Crippen molar-refractivity contribution in [3.63, 3.8) is 0 Å². The van der Waals surface area contributed by atoms with Crippen LogP contribution in [0, 0.1) is 0 Å². The first-order chi connectivity index (χ1) is 7.33. The van der Waals surface area contributed by atoms with Gasteiger partial charge in [-0.3, -0.25) is 4.79 Å². The molecule has 6 heteroatoms. The van der Waals surface area contributed by atoms with Crippen LogP contribution in [0.4, 0.5) is 5.69 Å². The average Bonchev–Trinajstić information content (AvgIpc) is 2.17. The van der Waals surface area contributed by atoms with Crippen molar-refractivity contribution in [1.82, 2.24) is 4.90 Å². The first-order valence-electron chi connectivity index (χ1n) is 4.61. The molecule has 0 aliphatic heterocycles. The van der Waals surface area contributed by atoms with Gasteiger partial charge in [0.1, 0.15) is 5.75 Å². The Morgan fingerprint density at radius 1 is 1.25 bits per heavy atom. The van der Waals surface area contributed by atoms with Crippen LogP contribution in [0.25, 0.3) is 0 Å². The topological polar surface area (TPSA) is 80.5 Å². The molecule has 1 aromatic carbocycles. The number of amides is 1. The second-order valence-corrected chi connectivity index (χ2v) is 5.61. The monoisotopic (exact) mass is 242 g/mol. The fourth-order valence-corrected chi connectivity index (χ4v) is 2.35. The number of hydrogen-bond donors (Lipinski definition) is 1. The van der Waals surface area contributed by atoms with Gasteiger partial charge in [0.05, 0.1) is 4.90 Å². The molecule has 1 aromatic rings. The molecule has 1 amide bonds. The maximum atomic E-state index is 11.8. The smallest absolute Gasteiger partial charge is 0.237 e. The zero-order valence-corrected chi connectivity index (χ0v) is 9.99. The highest BCUT2D eigenvalue weighted by molar-refractivity contribution is 7.92. The molecule has 0 saturated carbocycles. The van der Waals surface area contributed by atoms with Crippen molar-refractivity contribution in [3.8, 4) is 0 Å². The molecule has 1 rings (SSSR count). The summed E-state index contributed by atoms with van der Waals surface area (Å²) in [6.45, 7) is 0. The SMILES string of the molecule is CN(C)C(=O)CS(=O)(=O)c1ccc(N)cc1. The normalized spacial score (nSPS) is 11.1. The zero-order valence-electron chi connectivity index (χ0n) is 9.17. The minimum Gasteiger partial charge on any atom is -0.399 e. The quantitative estimate of drug-likeness (QED) is 0.764. The highest BCUT2D eigenvalue weighted by Crippen LogP contribution is 2.13. The molecular weight excluding hydrogens is 228 g/mol. The van der Waals surface area contributed by atoms with Crippen LogP contribution in [0.1, 0.15) is 0 Å². The molecular formula is C10H14N2O3S. The van der Waals surface area contributed by atoms with Crippen molar-refractivity contribution in [1.29, 1.82) is 0 Å². The van der Waals surface area contributed by atoms with E-state index >= 15 is 0 Å². The minimum atomic E-state index is -3.57. The van der Waals surface area contributed by atoms with Crippen LogP contribution in [-0.4, -0.2) is 39.1 Å². The van der Waals surface area contributed by atoms with E-state index in [0.717, 1.165) is 0 Å². The van der Waals surface area contributed by atoms with E-state index in [0.29, 0.717) is 5.69 Å². The summed E-state index contributed by atoms with van der Waals surface area (Å²) in [4.78, 5) is 12.7. The Labute approximate surface area is 94.8 Å². The van der Waals surface area contributed by atoms with Crippen molar-refractivity contribution in [2.24, 2.45) is 0 Å². The van der Waals surface area contributed by atoms with Crippen LogP contribution >= 0.6 is 0 Å². The lowest BCUT2D eigenvalue weighted by atomic mass is 10.3. The summed E-state index contributed by atoms with van der Waals surface area (Å²) in [5.74, 6) is -0.971.